The van der Waals surface area contributed by atoms with Crippen molar-refractivity contribution in [1.29, 1.82) is 0 Å². The summed E-state index contributed by atoms with van der Waals surface area (Å²) < 4.78 is 5.28. The van der Waals surface area contributed by atoms with Crippen LogP contribution in [-0.4, -0.2) is 40.6 Å². The molecule has 1 fully saturated rings. The van der Waals surface area contributed by atoms with E-state index in [4.69, 9.17) is 4.74 Å². The van der Waals surface area contributed by atoms with Crippen molar-refractivity contribution in [3.8, 4) is 0 Å². The lowest BCUT2D eigenvalue weighted by molar-refractivity contribution is -0.520. The number of hydrogen-bond acceptors (Lipinski definition) is 4. The highest BCUT2D eigenvalue weighted by molar-refractivity contribution is 5.68. The summed E-state index contributed by atoms with van der Waals surface area (Å²) in [6.45, 7) is 8.28. The highest BCUT2D eigenvalue weighted by Crippen LogP contribution is 2.23. The second kappa shape index (κ2) is 5.54. The van der Waals surface area contributed by atoms with Crippen LogP contribution in [0.2, 0.25) is 0 Å². The Morgan fingerprint density at radius 1 is 1.56 bits per heavy atom. The first-order chi connectivity index (χ1) is 8.19. The fourth-order valence-electron chi connectivity index (χ4n) is 2.09. The van der Waals surface area contributed by atoms with Gasteiger partial charge in [-0.25, -0.2) is 4.79 Å². The summed E-state index contributed by atoms with van der Waals surface area (Å²) in [5.41, 5.74) is -0.497. The van der Waals surface area contributed by atoms with Gasteiger partial charge in [0.15, 0.2) is 0 Å². The van der Waals surface area contributed by atoms with Crippen molar-refractivity contribution in [2.24, 2.45) is 5.92 Å². The molecule has 0 aromatic rings. The Hall–Kier alpha value is -1.33. The normalized spacial score (nSPS) is 21.8. The number of nitrogens with zero attached hydrogens (tertiary/aromatic N) is 2. The Labute approximate surface area is 107 Å². The Kier molecular flexibility index (Phi) is 4.53. The van der Waals surface area contributed by atoms with Crippen LogP contribution in [0, 0.1) is 16.0 Å². The SMILES string of the molecule is CC(CC1CCN(C(=O)OC(C)(C)C)C1)[N+](=O)[O-]. The van der Waals surface area contributed by atoms with E-state index < -0.39 is 11.6 Å². The molecule has 0 N–H and O–H groups in total. The third-order valence-electron chi connectivity index (χ3n) is 2.97. The molecular weight excluding hydrogens is 236 g/mol. The maximum absolute atomic E-state index is 11.8. The van der Waals surface area contributed by atoms with E-state index in [0.717, 1.165) is 6.42 Å². The average Bonchev–Trinajstić information content (AvgIpc) is 2.63. The molecule has 1 rings (SSSR count). The van der Waals surface area contributed by atoms with Crippen LogP contribution < -0.4 is 0 Å². The molecule has 1 amide bonds. The molecule has 0 aromatic heterocycles. The number of nitro groups is 1. The molecule has 1 aliphatic rings. The number of hydrogen-bond donors (Lipinski definition) is 0. The first-order valence-electron chi connectivity index (χ1n) is 6.30. The van der Waals surface area contributed by atoms with E-state index >= 15 is 0 Å². The highest BCUT2D eigenvalue weighted by Gasteiger charge is 2.32. The summed E-state index contributed by atoms with van der Waals surface area (Å²) in [6.07, 6.45) is 1.02. The van der Waals surface area contributed by atoms with Gasteiger partial charge < -0.3 is 9.64 Å². The van der Waals surface area contributed by atoms with E-state index in [-0.39, 0.29) is 16.9 Å². The zero-order valence-electron chi connectivity index (χ0n) is 11.5. The van der Waals surface area contributed by atoms with Crippen molar-refractivity contribution < 1.29 is 14.5 Å². The summed E-state index contributed by atoms with van der Waals surface area (Å²) in [5, 5.41) is 10.6. The van der Waals surface area contributed by atoms with Gasteiger partial charge in [-0.15, -0.1) is 0 Å². The Balaban J connectivity index is 2.41. The van der Waals surface area contributed by atoms with Gasteiger partial charge >= 0.3 is 6.09 Å². The zero-order chi connectivity index (χ0) is 13.9. The van der Waals surface area contributed by atoms with Gasteiger partial charge in [-0.3, -0.25) is 10.1 Å². The van der Waals surface area contributed by atoms with Gasteiger partial charge in [-0.1, -0.05) is 0 Å². The number of amides is 1. The van der Waals surface area contributed by atoms with Crippen LogP contribution in [0.25, 0.3) is 0 Å². The average molecular weight is 258 g/mol. The topological polar surface area (TPSA) is 72.7 Å². The third-order valence-corrected chi connectivity index (χ3v) is 2.97. The number of carbonyl (C=O) groups is 1. The van der Waals surface area contributed by atoms with Crippen LogP contribution in [0.1, 0.15) is 40.5 Å². The molecule has 0 saturated carbocycles. The predicted octanol–water partition coefficient (Wildman–Crippen LogP) is 2.30. The first-order valence-corrected chi connectivity index (χ1v) is 6.30. The number of ether oxygens (including phenoxy) is 1. The molecule has 1 saturated heterocycles. The minimum atomic E-state index is -0.548. The summed E-state index contributed by atoms with van der Waals surface area (Å²) in [5.74, 6) is 0.206. The standard InChI is InChI=1S/C12H22N2O4/c1-9(14(16)17)7-10-5-6-13(8-10)11(15)18-12(2,3)4/h9-10H,5-8H2,1-4H3. The largest absolute Gasteiger partial charge is 0.444 e. The van der Waals surface area contributed by atoms with Gasteiger partial charge in [-0.05, 0) is 33.1 Å². The summed E-state index contributed by atoms with van der Waals surface area (Å²) in [6, 6.07) is -0.548. The van der Waals surface area contributed by atoms with Gasteiger partial charge in [0, 0.05) is 31.4 Å². The molecule has 0 radical (unpaired) electrons. The molecule has 0 aromatic carbocycles. The number of carbonyl (C=O) groups excluding carboxylic acids is 1. The minimum Gasteiger partial charge on any atom is -0.444 e. The monoisotopic (exact) mass is 258 g/mol. The Bertz CT molecular complexity index is 325. The highest BCUT2D eigenvalue weighted by atomic mass is 16.6. The molecular formula is C12H22N2O4. The van der Waals surface area contributed by atoms with Crippen LogP contribution >= 0.6 is 0 Å². The molecule has 0 aliphatic carbocycles. The second-order valence-electron chi connectivity index (χ2n) is 5.95. The smallest absolute Gasteiger partial charge is 0.410 e. The fourth-order valence-corrected chi connectivity index (χ4v) is 2.09. The second-order valence-corrected chi connectivity index (χ2v) is 5.95. The maximum Gasteiger partial charge on any atom is 0.410 e. The summed E-state index contributed by atoms with van der Waals surface area (Å²) >= 11 is 0. The van der Waals surface area contributed by atoms with Gasteiger partial charge in [0.05, 0.1) is 0 Å². The molecule has 1 aliphatic heterocycles. The quantitative estimate of drug-likeness (QED) is 0.575. The first kappa shape index (κ1) is 14.7. The van der Waals surface area contributed by atoms with E-state index in [1.165, 1.54) is 0 Å². The van der Waals surface area contributed by atoms with Gasteiger partial charge in [0.25, 0.3) is 0 Å². The molecule has 6 heteroatoms. The Morgan fingerprint density at radius 3 is 2.67 bits per heavy atom. The Morgan fingerprint density at radius 2 is 2.17 bits per heavy atom. The molecule has 0 bridgehead atoms. The minimum absolute atomic E-state index is 0.206. The van der Waals surface area contributed by atoms with E-state index in [2.05, 4.69) is 0 Å². The molecule has 18 heavy (non-hydrogen) atoms. The lowest BCUT2D eigenvalue weighted by atomic mass is 10.0. The lowest BCUT2D eigenvalue weighted by Crippen LogP contribution is -2.35. The molecule has 6 nitrogen and oxygen atoms in total. The van der Waals surface area contributed by atoms with Gasteiger partial charge in [0.2, 0.25) is 6.04 Å². The van der Waals surface area contributed by atoms with Crippen LogP contribution in [0.15, 0.2) is 0 Å². The van der Waals surface area contributed by atoms with Gasteiger partial charge in [-0.2, -0.15) is 0 Å². The summed E-state index contributed by atoms with van der Waals surface area (Å²) in [4.78, 5) is 23.8. The van der Waals surface area contributed by atoms with Crippen LogP contribution in [0.4, 0.5) is 4.79 Å². The van der Waals surface area contributed by atoms with Crippen molar-refractivity contribution in [2.45, 2.75) is 52.2 Å². The molecule has 0 spiro atoms. The molecule has 104 valence electrons. The van der Waals surface area contributed by atoms with E-state index in [1.54, 1.807) is 11.8 Å². The predicted molar refractivity (Wildman–Crippen MR) is 67.0 cm³/mol. The van der Waals surface area contributed by atoms with Crippen LogP contribution in [0.3, 0.4) is 0 Å². The van der Waals surface area contributed by atoms with E-state index in [1.807, 2.05) is 20.8 Å². The third kappa shape index (κ3) is 4.50. The van der Waals surface area contributed by atoms with Crippen molar-refractivity contribution in [3.05, 3.63) is 10.1 Å². The number of likely N-dealkylation sites (tertiary alicyclic amines) is 1. The van der Waals surface area contributed by atoms with E-state index in [9.17, 15) is 14.9 Å². The van der Waals surface area contributed by atoms with Crippen LogP contribution in [0.5, 0.6) is 0 Å². The summed E-state index contributed by atoms with van der Waals surface area (Å²) in [7, 11) is 0. The molecule has 1 heterocycles. The molecule has 2 atom stereocenters. The van der Waals surface area contributed by atoms with Crippen molar-refractivity contribution >= 4 is 6.09 Å². The maximum atomic E-state index is 11.8. The molecule has 2 unspecified atom stereocenters. The van der Waals surface area contributed by atoms with Crippen molar-refractivity contribution in [1.82, 2.24) is 4.90 Å². The fraction of sp³-hybridized carbons (Fsp3) is 0.917. The van der Waals surface area contributed by atoms with Crippen molar-refractivity contribution in [3.63, 3.8) is 0 Å². The van der Waals surface area contributed by atoms with E-state index in [0.29, 0.717) is 19.5 Å². The van der Waals surface area contributed by atoms with Gasteiger partial charge in [0.1, 0.15) is 5.60 Å². The van der Waals surface area contributed by atoms with Crippen LogP contribution in [-0.2, 0) is 4.74 Å². The number of rotatable bonds is 3. The van der Waals surface area contributed by atoms with Crippen molar-refractivity contribution in [2.75, 3.05) is 13.1 Å². The zero-order valence-corrected chi connectivity index (χ0v) is 11.5. The lowest BCUT2D eigenvalue weighted by Gasteiger charge is -2.24.